The van der Waals surface area contributed by atoms with E-state index < -0.39 is 11.6 Å². The summed E-state index contributed by atoms with van der Waals surface area (Å²) in [6.07, 6.45) is 1.43. The molecule has 0 amide bonds. The molecule has 0 aliphatic rings. The molecule has 0 radical (unpaired) electrons. The Morgan fingerprint density at radius 3 is 2.88 bits per heavy atom. The second-order valence-electron chi connectivity index (χ2n) is 3.52. The van der Waals surface area contributed by atoms with E-state index in [1.54, 1.807) is 0 Å². The summed E-state index contributed by atoms with van der Waals surface area (Å²) < 4.78 is 31.5. The number of aromatic nitrogens is 1. The van der Waals surface area contributed by atoms with Gasteiger partial charge in [-0.2, -0.15) is 0 Å². The van der Waals surface area contributed by atoms with Gasteiger partial charge < -0.3 is 9.73 Å². The SMILES string of the molecule is CCNCc1ncc(-c2ccc(F)cc2F)o1. The van der Waals surface area contributed by atoms with Gasteiger partial charge in [-0.05, 0) is 18.7 Å². The predicted octanol–water partition coefficient (Wildman–Crippen LogP) is 2.73. The zero-order valence-electron chi connectivity index (χ0n) is 9.34. The van der Waals surface area contributed by atoms with Crippen LogP contribution in [0.5, 0.6) is 0 Å². The average Bonchev–Trinajstić information content (AvgIpc) is 2.75. The Balaban J connectivity index is 2.24. The van der Waals surface area contributed by atoms with Gasteiger partial charge in [-0.25, -0.2) is 13.8 Å². The van der Waals surface area contributed by atoms with Crippen LogP contribution in [0.25, 0.3) is 11.3 Å². The van der Waals surface area contributed by atoms with Gasteiger partial charge in [0.15, 0.2) is 5.76 Å². The van der Waals surface area contributed by atoms with Crippen LogP contribution in [0.3, 0.4) is 0 Å². The van der Waals surface area contributed by atoms with Crippen LogP contribution in [0.1, 0.15) is 12.8 Å². The molecule has 1 aromatic carbocycles. The number of halogens is 2. The largest absolute Gasteiger partial charge is 0.439 e. The first-order valence-corrected chi connectivity index (χ1v) is 5.31. The maximum Gasteiger partial charge on any atom is 0.208 e. The highest BCUT2D eigenvalue weighted by molar-refractivity contribution is 5.57. The summed E-state index contributed by atoms with van der Waals surface area (Å²) in [7, 11) is 0. The van der Waals surface area contributed by atoms with Crippen LogP contribution < -0.4 is 5.32 Å². The fourth-order valence-corrected chi connectivity index (χ4v) is 1.44. The summed E-state index contributed by atoms with van der Waals surface area (Å²) in [5.41, 5.74) is 0.210. The maximum atomic E-state index is 13.5. The second-order valence-corrected chi connectivity index (χ2v) is 3.52. The Labute approximate surface area is 97.5 Å². The minimum Gasteiger partial charge on any atom is -0.439 e. The lowest BCUT2D eigenvalue weighted by atomic mass is 10.2. The van der Waals surface area contributed by atoms with Crippen molar-refractivity contribution in [1.29, 1.82) is 0 Å². The summed E-state index contributed by atoms with van der Waals surface area (Å²) in [5.74, 6) is -0.490. The molecule has 1 aromatic heterocycles. The molecule has 0 bridgehead atoms. The molecule has 0 fully saturated rings. The Kier molecular flexibility index (Phi) is 3.49. The molecule has 3 nitrogen and oxygen atoms in total. The Morgan fingerprint density at radius 1 is 1.35 bits per heavy atom. The lowest BCUT2D eigenvalue weighted by molar-refractivity contribution is 0.479. The van der Waals surface area contributed by atoms with Crippen molar-refractivity contribution in [3.8, 4) is 11.3 Å². The average molecular weight is 238 g/mol. The molecular formula is C12H12F2N2O. The number of nitrogens with one attached hydrogen (secondary N) is 1. The molecule has 2 aromatic rings. The number of rotatable bonds is 4. The zero-order chi connectivity index (χ0) is 12.3. The van der Waals surface area contributed by atoms with E-state index in [2.05, 4.69) is 10.3 Å². The van der Waals surface area contributed by atoms with Crippen LogP contribution in [0.15, 0.2) is 28.8 Å². The standard InChI is InChI=1S/C12H12F2N2O/c1-2-15-7-12-16-6-11(17-12)9-4-3-8(13)5-10(9)14/h3-6,15H,2,7H2,1H3. The van der Waals surface area contributed by atoms with E-state index in [-0.39, 0.29) is 5.56 Å². The van der Waals surface area contributed by atoms with Crippen LogP contribution in [-0.2, 0) is 6.54 Å². The summed E-state index contributed by atoms with van der Waals surface area (Å²) in [6.45, 7) is 3.24. The lowest BCUT2D eigenvalue weighted by Gasteiger charge is -1.99. The van der Waals surface area contributed by atoms with Crippen molar-refractivity contribution in [1.82, 2.24) is 10.3 Å². The number of benzene rings is 1. The van der Waals surface area contributed by atoms with Gasteiger partial charge in [-0.1, -0.05) is 6.92 Å². The highest BCUT2D eigenvalue weighted by Gasteiger charge is 2.11. The third-order valence-corrected chi connectivity index (χ3v) is 2.28. The minimum absolute atomic E-state index is 0.210. The first-order valence-electron chi connectivity index (χ1n) is 5.31. The van der Waals surface area contributed by atoms with Crippen LogP contribution in [0.4, 0.5) is 8.78 Å². The Bertz CT molecular complexity index is 511. The number of hydrogen-bond donors (Lipinski definition) is 1. The summed E-state index contributed by atoms with van der Waals surface area (Å²) in [5, 5.41) is 3.04. The first-order chi connectivity index (χ1) is 8.20. The van der Waals surface area contributed by atoms with Crippen molar-refractivity contribution in [2.45, 2.75) is 13.5 Å². The van der Waals surface area contributed by atoms with Gasteiger partial charge in [0, 0.05) is 6.07 Å². The van der Waals surface area contributed by atoms with Gasteiger partial charge >= 0.3 is 0 Å². The molecule has 1 heterocycles. The minimum atomic E-state index is -0.656. The smallest absolute Gasteiger partial charge is 0.208 e. The molecule has 2 rings (SSSR count). The fourth-order valence-electron chi connectivity index (χ4n) is 1.44. The van der Waals surface area contributed by atoms with Crippen LogP contribution in [-0.4, -0.2) is 11.5 Å². The molecular weight excluding hydrogens is 226 g/mol. The van der Waals surface area contributed by atoms with E-state index in [0.717, 1.165) is 12.6 Å². The number of nitrogens with zero attached hydrogens (tertiary/aromatic N) is 1. The van der Waals surface area contributed by atoms with E-state index >= 15 is 0 Å². The van der Waals surface area contributed by atoms with Crippen molar-refractivity contribution in [2.24, 2.45) is 0 Å². The van der Waals surface area contributed by atoms with Crippen molar-refractivity contribution in [2.75, 3.05) is 6.54 Å². The van der Waals surface area contributed by atoms with Crippen molar-refractivity contribution < 1.29 is 13.2 Å². The molecule has 0 aliphatic carbocycles. The Morgan fingerprint density at radius 2 is 2.18 bits per heavy atom. The quantitative estimate of drug-likeness (QED) is 0.890. The maximum absolute atomic E-state index is 13.5. The van der Waals surface area contributed by atoms with E-state index in [0.29, 0.717) is 18.2 Å². The molecule has 17 heavy (non-hydrogen) atoms. The van der Waals surface area contributed by atoms with Gasteiger partial charge in [0.2, 0.25) is 5.89 Å². The van der Waals surface area contributed by atoms with E-state index in [9.17, 15) is 8.78 Å². The third kappa shape index (κ3) is 2.68. The molecule has 0 saturated heterocycles. The highest BCUT2D eigenvalue weighted by Crippen LogP contribution is 2.24. The molecule has 0 unspecified atom stereocenters. The van der Waals surface area contributed by atoms with Crippen molar-refractivity contribution in [3.63, 3.8) is 0 Å². The number of hydrogen-bond acceptors (Lipinski definition) is 3. The van der Waals surface area contributed by atoms with Gasteiger partial charge in [0.1, 0.15) is 11.6 Å². The topological polar surface area (TPSA) is 38.1 Å². The summed E-state index contributed by atoms with van der Waals surface area (Å²) in [6, 6.07) is 3.34. The molecule has 1 N–H and O–H groups in total. The van der Waals surface area contributed by atoms with Crippen LogP contribution >= 0.6 is 0 Å². The first kappa shape index (κ1) is 11.7. The monoisotopic (exact) mass is 238 g/mol. The Hall–Kier alpha value is -1.75. The van der Waals surface area contributed by atoms with Crippen molar-refractivity contribution >= 4 is 0 Å². The molecule has 90 valence electrons. The van der Waals surface area contributed by atoms with E-state index in [1.165, 1.54) is 18.3 Å². The van der Waals surface area contributed by atoms with Gasteiger partial charge in [0.25, 0.3) is 0 Å². The third-order valence-electron chi connectivity index (χ3n) is 2.28. The summed E-state index contributed by atoms with van der Waals surface area (Å²) >= 11 is 0. The predicted molar refractivity (Wildman–Crippen MR) is 59.2 cm³/mol. The van der Waals surface area contributed by atoms with Gasteiger partial charge in [-0.3, -0.25) is 0 Å². The van der Waals surface area contributed by atoms with Gasteiger partial charge in [0.05, 0.1) is 18.3 Å². The van der Waals surface area contributed by atoms with Crippen LogP contribution in [0.2, 0.25) is 0 Å². The van der Waals surface area contributed by atoms with Gasteiger partial charge in [-0.15, -0.1) is 0 Å². The van der Waals surface area contributed by atoms with Crippen molar-refractivity contribution in [3.05, 3.63) is 41.9 Å². The lowest BCUT2D eigenvalue weighted by Crippen LogP contribution is -2.11. The fraction of sp³-hybridized carbons (Fsp3) is 0.250. The molecule has 0 spiro atoms. The summed E-state index contributed by atoms with van der Waals surface area (Å²) in [4.78, 5) is 4.00. The van der Waals surface area contributed by atoms with E-state index in [4.69, 9.17) is 4.42 Å². The normalized spacial score (nSPS) is 10.8. The second kappa shape index (κ2) is 5.05. The highest BCUT2D eigenvalue weighted by atomic mass is 19.1. The number of oxazole rings is 1. The zero-order valence-corrected chi connectivity index (χ0v) is 9.34. The molecule has 5 heteroatoms. The molecule has 0 atom stereocenters. The van der Waals surface area contributed by atoms with E-state index in [1.807, 2.05) is 6.92 Å². The molecule has 0 aliphatic heterocycles. The van der Waals surface area contributed by atoms with Crippen LogP contribution in [0, 0.1) is 11.6 Å². The molecule has 0 saturated carbocycles.